The molecule has 0 atom stereocenters. The molecule has 0 unspecified atom stereocenters. The van der Waals surface area contributed by atoms with Gasteiger partial charge < -0.3 is 4.90 Å². The molecule has 5 aromatic rings. The quantitative estimate of drug-likeness (QED) is 0.0954. The number of hydrogen-bond donors (Lipinski definition) is 0. The topological polar surface area (TPSA) is 3.24 Å². The van der Waals surface area contributed by atoms with Crippen LogP contribution in [0.3, 0.4) is 0 Å². The van der Waals surface area contributed by atoms with Gasteiger partial charge in [-0.2, -0.15) is 0 Å². The molecule has 1 aliphatic heterocycles. The van der Waals surface area contributed by atoms with Gasteiger partial charge in [-0.05, 0) is 139 Å². The fraction of sp³-hybridized carbons (Fsp3) is 0.207. The third kappa shape index (κ3) is 12.7. The minimum atomic E-state index is 0.330. The van der Waals surface area contributed by atoms with Gasteiger partial charge in [-0.25, -0.2) is 0 Å². The molecule has 1 heterocycles. The summed E-state index contributed by atoms with van der Waals surface area (Å²) in [6.45, 7) is 27.5. The molecule has 1 nitrogen and oxygen atoms in total. The van der Waals surface area contributed by atoms with Crippen molar-refractivity contribution in [2.75, 3.05) is 4.90 Å². The molecule has 0 N–H and O–H groups in total. The Balaban J connectivity index is 0.000000763. The van der Waals surface area contributed by atoms with Crippen molar-refractivity contribution in [3.63, 3.8) is 0 Å². The lowest BCUT2D eigenvalue weighted by Gasteiger charge is -2.28. The van der Waals surface area contributed by atoms with Crippen LogP contribution < -0.4 is 4.90 Å². The van der Waals surface area contributed by atoms with Crippen LogP contribution in [0.25, 0.3) is 29.4 Å². The summed E-state index contributed by atoms with van der Waals surface area (Å²) in [6.07, 6.45) is 21.1. The summed E-state index contributed by atoms with van der Waals surface area (Å²) in [6, 6.07) is 43.5. The first-order chi connectivity index (χ1) is 28.6. The summed E-state index contributed by atoms with van der Waals surface area (Å²) < 4.78 is 0. The van der Waals surface area contributed by atoms with E-state index in [-0.39, 0.29) is 0 Å². The van der Waals surface area contributed by atoms with Crippen LogP contribution in [0.15, 0.2) is 188 Å². The Labute approximate surface area is 357 Å². The predicted molar refractivity (Wildman–Crippen MR) is 265 cm³/mol. The fourth-order valence-corrected chi connectivity index (χ4v) is 7.32. The standard InChI is InChI=1S/C49H51N.C7H8.C2H6/c1-9-14-36(6)18-20-41-27-33-46(38(8)34-41)49(35(4)5)45(11-3)42-29-23-39(24-30-42)21-22-40-25-31-44(32-26-40)50-47(15-10-2)37(7)19-28-43-16-12-13-17-48(43)50;1-7-5-3-2-4-6-7;1-2/h9-18,20-27,29-35H,3,6,19,28H2,1-2,4-5,7-8H3;2-6H,1H3;1-2H3/b14-9-,15-10-,20-18+,22-21+,49-45-;;. The first-order valence-corrected chi connectivity index (χ1v) is 21.2. The Bertz CT molecular complexity index is 2320. The van der Waals surface area contributed by atoms with E-state index in [2.05, 4.69) is 199 Å². The van der Waals surface area contributed by atoms with Gasteiger partial charge in [0.15, 0.2) is 0 Å². The van der Waals surface area contributed by atoms with Crippen LogP contribution in [-0.2, 0) is 6.42 Å². The molecule has 1 aliphatic rings. The van der Waals surface area contributed by atoms with E-state index in [1.54, 1.807) is 0 Å². The molecular formula is C58H65N. The molecule has 0 aliphatic carbocycles. The van der Waals surface area contributed by atoms with Crippen LogP contribution in [0.2, 0.25) is 0 Å². The second kappa shape index (κ2) is 23.3. The maximum atomic E-state index is 4.25. The van der Waals surface area contributed by atoms with Crippen molar-refractivity contribution in [3.8, 4) is 0 Å². The second-order valence-electron chi connectivity index (χ2n) is 15.0. The summed E-state index contributed by atoms with van der Waals surface area (Å²) in [4.78, 5) is 2.41. The Morgan fingerprint density at radius 1 is 0.644 bits per heavy atom. The van der Waals surface area contributed by atoms with Gasteiger partial charge in [0.25, 0.3) is 0 Å². The van der Waals surface area contributed by atoms with E-state index in [0.717, 1.165) is 24.0 Å². The number of fused-ring (bicyclic) bond motifs is 1. The van der Waals surface area contributed by atoms with Crippen LogP contribution >= 0.6 is 0 Å². The van der Waals surface area contributed by atoms with Crippen LogP contribution in [0.1, 0.15) is 99.4 Å². The molecule has 0 saturated heterocycles. The van der Waals surface area contributed by atoms with E-state index in [1.807, 2.05) is 57.2 Å². The molecular weight excluding hydrogens is 711 g/mol. The van der Waals surface area contributed by atoms with Gasteiger partial charge in [-0.3, -0.25) is 0 Å². The summed E-state index contributed by atoms with van der Waals surface area (Å²) >= 11 is 0. The van der Waals surface area contributed by atoms with Gasteiger partial charge in [0.05, 0.1) is 0 Å². The number of para-hydroxylation sites is 1. The van der Waals surface area contributed by atoms with Gasteiger partial charge >= 0.3 is 0 Å². The van der Waals surface area contributed by atoms with Gasteiger partial charge in [0, 0.05) is 17.1 Å². The number of benzene rings is 5. The number of anilines is 2. The molecule has 6 rings (SSSR count). The highest BCUT2D eigenvalue weighted by atomic mass is 15.2. The number of allylic oxidation sites excluding steroid dienone is 10. The molecule has 0 bridgehead atoms. The zero-order valence-corrected chi connectivity index (χ0v) is 37.1. The molecule has 0 fully saturated rings. The van der Waals surface area contributed by atoms with Gasteiger partial charge in [-0.15, -0.1) is 0 Å². The normalized spacial score (nSPS) is 13.2. The highest BCUT2D eigenvalue weighted by Gasteiger charge is 2.21. The monoisotopic (exact) mass is 776 g/mol. The van der Waals surface area contributed by atoms with E-state index in [1.165, 1.54) is 72.7 Å². The van der Waals surface area contributed by atoms with E-state index in [9.17, 15) is 0 Å². The van der Waals surface area contributed by atoms with Gasteiger partial charge in [-0.1, -0.05) is 198 Å². The zero-order valence-electron chi connectivity index (χ0n) is 37.1. The van der Waals surface area contributed by atoms with Crippen molar-refractivity contribution >= 4 is 40.7 Å². The lowest BCUT2D eigenvalue weighted by atomic mass is 9.85. The molecule has 5 aromatic carbocycles. The average molecular weight is 776 g/mol. The number of rotatable bonds is 11. The highest BCUT2D eigenvalue weighted by Crippen LogP contribution is 2.39. The number of nitrogens with zero attached hydrogens (tertiary/aromatic N) is 1. The summed E-state index contributed by atoms with van der Waals surface area (Å²) in [5.41, 5.74) is 18.5. The third-order valence-electron chi connectivity index (χ3n) is 10.3. The van der Waals surface area contributed by atoms with E-state index >= 15 is 0 Å². The minimum Gasteiger partial charge on any atom is -0.310 e. The van der Waals surface area contributed by atoms with Crippen molar-refractivity contribution in [1.29, 1.82) is 0 Å². The van der Waals surface area contributed by atoms with Crippen LogP contribution in [0, 0.1) is 19.8 Å². The maximum absolute atomic E-state index is 4.25. The molecule has 0 amide bonds. The Kier molecular flexibility index (Phi) is 18.0. The Morgan fingerprint density at radius 2 is 1.25 bits per heavy atom. The van der Waals surface area contributed by atoms with Gasteiger partial charge in [0.1, 0.15) is 0 Å². The summed E-state index contributed by atoms with van der Waals surface area (Å²) in [7, 11) is 0. The minimum absolute atomic E-state index is 0.330. The smallest absolute Gasteiger partial charge is 0.0493 e. The van der Waals surface area contributed by atoms with Crippen LogP contribution in [-0.4, -0.2) is 0 Å². The SMILES string of the molecule is C=C/C(=C(/c1ccc(/C=C/C(=C)/C=C\C)cc1C)C(C)C)c1ccc(/C=C/c2ccc(N3C(/C=C\C)=C(C)CCc4ccccc43)cc2)cc1.CC.Cc1ccccc1. The van der Waals surface area contributed by atoms with Gasteiger partial charge in [0.2, 0.25) is 0 Å². The summed E-state index contributed by atoms with van der Waals surface area (Å²) in [5, 5.41) is 0. The molecule has 0 radical (unpaired) electrons. The van der Waals surface area contributed by atoms with Crippen molar-refractivity contribution in [3.05, 3.63) is 232 Å². The molecule has 0 saturated carbocycles. The third-order valence-corrected chi connectivity index (χ3v) is 10.3. The molecule has 0 aromatic heterocycles. The van der Waals surface area contributed by atoms with Crippen molar-refractivity contribution in [1.82, 2.24) is 0 Å². The maximum Gasteiger partial charge on any atom is 0.0493 e. The Morgan fingerprint density at radius 3 is 1.81 bits per heavy atom. The number of hydrogen-bond acceptors (Lipinski definition) is 1. The molecule has 0 spiro atoms. The Hall–Kier alpha value is -6.18. The zero-order chi connectivity index (χ0) is 42.7. The second-order valence-corrected chi connectivity index (χ2v) is 15.0. The first-order valence-electron chi connectivity index (χ1n) is 21.2. The fourth-order valence-electron chi connectivity index (χ4n) is 7.32. The lowest BCUT2D eigenvalue weighted by Crippen LogP contribution is -2.16. The molecule has 59 heavy (non-hydrogen) atoms. The molecule has 302 valence electrons. The first kappa shape index (κ1) is 45.5. The summed E-state index contributed by atoms with van der Waals surface area (Å²) in [5.74, 6) is 0.330. The van der Waals surface area contributed by atoms with E-state index in [4.69, 9.17) is 0 Å². The van der Waals surface area contributed by atoms with Crippen molar-refractivity contribution in [2.24, 2.45) is 5.92 Å². The van der Waals surface area contributed by atoms with Crippen molar-refractivity contribution in [2.45, 2.75) is 75.2 Å². The van der Waals surface area contributed by atoms with E-state index in [0.29, 0.717) is 5.92 Å². The van der Waals surface area contributed by atoms with E-state index < -0.39 is 0 Å². The predicted octanol–water partition coefficient (Wildman–Crippen LogP) is 17.0. The lowest BCUT2D eigenvalue weighted by molar-refractivity contribution is 0.856. The van der Waals surface area contributed by atoms with Crippen LogP contribution in [0.4, 0.5) is 11.4 Å². The highest BCUT2D eigenvalue weighted by molar-refractivity contribution is 5.97. The number of aryl methyl sites for hydroxylation is 3. The average Bonchev–Trinajstić information content (AvgIpc) is 3.39. The van der Waals surface area contributed by atoms with Crippen LogP contribution in [0.5, 0.6) is 0 Å². The van der Waals surface area contributed by atoms with Crippen molar-refractivity contribution < 1.29 is 0 Å². The molecule has 1 heteroatoms. The largest absolute Gasteiger partial charge is 0.310 e.